The van der Waals surface area contributed by atoms with E-state index in [1.54, 1.807) is 66.5 Å². The van der Waals surface area contributed by atoms with Crippen LogP contribution in [0.3, 0.4) is 0 Å². The predicted octanol–water partition coefficient (Wildman–Crippen LogP) is 5.16. The number of hydrogen-bond donors (Lipinski definition) is 3. The van der Waals surface area contributed by atoms with Crippen LogP contribution >= 0.6 is 0 Å². The number of aryl methyl sites for hydroxylation is 2. The number of carbonyl (C=O) groups is 2. The first-order valence-corrected chi connectivity index (χ1v) is 14.7. The second kappa shape index (κ2) is 12.2. The smallest absolute Gasteiger partial charge is 0.276 e. The Morgan fingerprint density at radius 2 is 1.73 bits per heavy atom. The highest BCUT2D eigenvalue weighted by atomic mass is 16.3. The number of aliphatic imine (C=N–C) groups is 1. The second-order valence-corrected chi connectivity index (χ2v) is 11.1. The number of aromatic nitrogens is 3. The van der Waals surface area contributed by atoms with E-state index in [0.717, 1.165) is 49.4 Å². The molecule has 0 bridgehead atoms. The highest BCUT2D eigenvalue weighted by molar-refractivity contribution is 6.13. The highest BCUT2D eigenvalue weighted by Crippen LogP contribution is 2.29. The van der Waals surface area contributed by atoms with E-state index in [-0.39, 0.29) is 17.6 Å². The number of rotatable bonds is 8. The van der Waals surface area contributed by atoms with Crippen LogP contribution in [0.4, 0.5) is 17.1 Å². The van der Waals surface area contributed by atoms with Gasteiger partial charge in [-0.1, -0.05) is 31.2 Å². The van der Waals surface area contributed by atoms with Crippen LogP contribution in [0.1, 0.15) is 44.6 Å². The molecule has 1 aliphatic heterocycles. The number of nitrogens with zero attached hydrogens (tertiary/aromatic N) is 5. The van der Waals surface area contributed by atoms with Gasteiger partial charge in [0.15, 0.2) is 17.4 Å². The molecule has 0 radical (unpaired) electrons. The van der Waals surface area contributed by atoms with E-state index in [1.807, 2.05) is 19.1 Å². The summed E-state index contributed by atoms with van der Waals surface area (Å²) in [4.78, 5) is 38.4. The van der Waals surface area contributed by atoms with Crippen LogP contribution in [0.2, 0.25) is 0 Å². The summed E-state index contributed by atoms with van der Waals surface area (Å²) in [6.07, 6.45) is 2.40. The zero-order valence-corrected chi connectivity index (χ0v) is 25.0. The highest BCUT2D eigenvalue weighted by Gasteiger charge is 2.17. The minimum Gasteiger partial charge on any atom is -0.494 e. The topological polar surface area (TPSA) is 119 Å². The van der Waals surface area contributed by atoms with Crippen molar-refractivity contribution in [3.63, 3.8) is 0 Å². The Hall–Kier alpha value is -5.22. The summed E-state index contributed by atoms with van der Waals surface area (Å²) >= 11 is 0. The van der Waals surface area contributed by atoms with E-state index < -0.39 is 0 Å². The molecule has 0 saturated carbocycles. The molecule has 1 aliphatic rings. The number of ketones is 1. The molecule has 10 heteroatoms. The van der Waals surface area contributed by atoms with Gasteiger partial charge in [0, 0.05) is 78.5 Å². The Balaban J connectivity index is 1.16. The molecule has 0 atom stereocenters. The van der Waals surface area contributed by atoms with Crippen molar-refractivity contribution in [3.8, 4) is 5.88 Å². The molecule has 10 nitrogen and oxygen atoms in total. The van der Waals surface area contributed by atoms with Crippen molar-refractivity contribution in [2.75, 3.05) is 43.4 Å². The van der Waals surface area contributed by atoms with Crippen LogP contribution in [-0.4, -0.2) is 75.9 Å². The summed E-state index contributed by atoms with van der Waals surface area (Å²) in [5.41, 5.74) is 5.77. The lowest BCUT2D eigenvalue weighted by Gasteiger charge is -2.34. The first kappa shape index (κ1) is 28.9. The number of nitrogens with one attached hydrogen (secondary N) is 2. The number of fused-ring (bicyclic) bond motifs is 1. The number of amides is 1. The molecule has 6 rings (SSSR count). The largest absolute Gasteiger partial charge is 0.494 e. The first-order valence-electron chi connectivity index (χ1n) is 14.7. The van der Waals surface area contributed by atoms with Crippen molar-refractivity contribution in [2.24, 2.45) is 12.0 Å². The maximum Gasteiger partial charge on any atom is 0.276 e. The summed E-state index contributed by atoms with van der Waals surface area (Å²) < 4.78 is 1.69. The molecular weight excluding hydrogens is 554 g/mol. The normalized spacial score (nSPS) is 14.0. The molecule has 3 heterocycles. The third-order valence-electron chi connectivity index (χ3n) is 8.10. The Bertz CT molecular complexity index is 1860. The minimum absolute atomic E-state index is 0.0205. The molecule has 0 unspecified atom stereocenters. The zero-order chi connectivity index (χ0) is 30.8. The quantitative estimate of drug-likeness (QED) is 0.170. The van der Waals surface area contributed by atoms with E-state index in [1.165, 1.54) is 5.69 Å². The number of likely N-dealkylation sites (N-methyl/N-ethyl adjacent to an activating group) is 1. The van der Waals surface area contributed by atoms with Gasteiger partial charge >= 0.3 is 0 Å². The molecule has 3 aromatic carbocycles. The van der Waals surface area contributed by atoms with Crippen molar-refractivity contribution >= 4 is 45.9 Å². The van der Waals surface area contributed by atoms with Crippen LogP contribution in [0.25, 0.3) is 10.9 Å². The fourth-order valence-corrected chi connectivity index (χ4v) is 5.48. The molecule has 224 valence electrons. The molecule has 5 aromatic rings. The number of aromatic amines is 1. The van der Waals surface area contributed by atoms with Gasteiger partial charge < -0.3 is 25.2 Å². The van der Waals surface area contributed by atoms with E-state index in [0.29, 0.717) is 33.6 Å². The van der Waals surface area contributed by atoms with Gasteiger partial charge in [-0.15, -0.1) is 0 Å². The average molecular weight is 590 g/mol. The van der Waals surface area contributed by atoms with Crippen LogP contribution in [0, 0.1) is 0 Å². The lowest BCUT2D eigenvalue weighted by Crippen LogP contribution is -2.44. The molecule has 1 fully saturated rings. The second-order valence-electron chi connectivity index (χ2n) is 11.1. The Labute approximate surface area is 255 Å². The molecule has 0 spiro atoms. The van der Waals surface area contributed by atoms with Crippen LogP contribution in [-0.2, 0) is 13.5 Å². The van der Waals surface area contributed by atoms with Crippen molar-refractivity contribution in [2.45, 2.75) is 13.3 Å². The number of aromatic hydroxyl groups is 1. The van der Waals surface area contributed by atoms with Gasteiger partial charge in [0.1, 0.15) is 0 Å². The maximum atomic E-state index is 13.4. The van der Waals surface area contributed by atoms with Gasteiger partial charge in [0.2, 0.25) is 0 Å². The number of anilines is 2. The Kier molecular flexibility index (Phi) is 7.99. The summed E-state index contributed by atoms with van der Waals surface area (Å²) in [6, 6.07) is 21.9. The zero-order valence-electron chi connectivity index (χ0n) is 25.0. The van der Waals surface area contributed by atoms with Crippen LogP contribution < -0.4 is 10.2 Å². The fraction of sp³-hybridized carbons (Fsp3) is 0.235. The molecule has 1 amide bonds. The average Bonchev–Trinajstić information content (AvgIpc) is 3.58. The summed E-state index contributed by atoms with van der Waals surface area (Å²) in [7, 11) is 3.95. The minimum atomic E-state index is -0.339. The summed E-state index contributed by atoms with van der Waals surface area (Å²) in [5.74, 6) is -0.569. The van der Waals surface area contributed by atoms with Crippen LogP contribution in [0.15, 0.2) is 77.8 Å². The van der Waals surface area contributed by atoms with Crippen molar-refractivity contribution in [3.05, 3.63) is 101 Å². The van der Waals surface area contributed by atoms with E-state index >= 15 is 0 Å². The van der Waals surface area contributed by atoms with E-state index in [4.69, 9.17) is 0 Å². The Morgan fingerprint density at radius 3 is 2.45 bits per heavy atom. The third kappa shape index (κ3) is 5.97. The molecule has 2 aromatic heterocycles. The van der Waals surface area contributed by atoms with Gasteiger partial charge in [0.05, 0.1) is 11.3 Å². The van der Waals surface area contributed by atoms with Gasteiger partial charge in [0.25, 0.3) is 5.91 Å². The van der Waals surface area contributed by atoms with E-state index in [9.17, 15) is 14.7 Å². The van der Waals surface area contributed by atoms with Crippen molar-refractivity contribution in [1.29, 1.82) is 0 Å². The molecule has 3 N–H and O–H groups in total. The number of H-pyrrole nitrogens is 1. The molecular formula is C34H35N7O3. The monoisotopic (exact) mass is 589 g/mol. The SMILES string of the molecule is CCc1cc(C(=O)Nc2cccc(C(=O)c3ccc4c(C=Nc5ccc(N6CCN(C)CC6)cc5)c(O)[nH]c4c3)c2)nn1C. The van der Waals surface area contributed by atoms with Gasteiger partial charge in [-0.2, -0.15) is 5.10 Å². The predicted molar refractivity (Wildman–Crippen MR) is 174 cm³/mol. The fourth-order valence-electron chi connectivity index (χ4n) is 5.48. The van der Waals surface area contributed by atoms with Crippen molar-refractivity contribution in [1.82, 2.24) is 19.7 Å². The lowest BCUT2D eigenvalue weighted by atomic mass is 10.0. The molecule has 0 aliphatic carbocycles. The van der Waals surface area contributed by atoms with Gasteiger partial charge in [-0.05, 0) is 62.0 Å². The number of carbonyl (C=O) groups excluding carboxylic acids is 2. The Morgan fingerprint density at radius 1 is 0.977 bits per heavy atom. The van der Waals surface area contributed by atoms with Gasteiger partial charge in [-0.25, -0.2) is 0 Å². The maximum absolute atomic E-state index is 13.4. The standard InChI is InChI=1S/C34H35N7O3/c1-4-26-20-31(38-40(26)3)34(44)36-25-7-5-6-22(18-25)32(42)23-8-13-28-29(33(43)37-30(28)19-23)21-35-24-9-11-27(12-10-24)41-16-14-39(2)15-17-41/h5-13,18-21,37,43H,4,14-17H2,1-3H3,(H,36,44). The van der Waals surface area contributed by atoms with Crippen LogP contribution in [0.5, 0.6) is 5.88 Å². The first-order chi connectivity index (χ1) is 21.3. The summed E-state index contributed by atoms with van der Waals surface area (Å²) in [6.45, 7) is 6.10. The molecule has 1 saturated heterocycles. The van der Waals surface area contributed by atoms with Gasteiger partial charge in [-0.3, -0.25) is 19.3 Å². The summed E-state index contributed by atoms with van der Waals surface area (Å²) in [5, 5.41) is 18.5. The number of benzene rings is 3. The third-order valence-corrected chi connectivity index (χ3v) is 8.10. The number of hydrogen-bond acceptors (Lipinski definition) is 7. The number of piperazine rings is 1. The van der Waals surface area contributed by atoms with E-state index in [2.05, 4.69) is 49.4 Å². The molecule has 44 heavy (non-hydrogen) atoms. The van der Waals surface area contributed by atoms with Crippen molar-refractivity contribution < 1.29 is 14.7 Å². The lowest BCUT2D eigenvalue weighted by molar-refractivity contribution is 0.101.